The zero-order chi connectivity index (χ0) is 11.8. The summed E-state index contributed by atoms with van der Waals surface area (Å²) in [5.41, 5.74) is 0.602. The predicted molar refractivity (Wildman–Crippen MR) is 64.4 cm³/mol. The van der Waals surface area contributed by atoms with E-state index in [1.807, 2.05) is 25.2 Å². The van der Waals surface area contributed by atoms with E-state index >= 15 is 0 Å². The second-order valence-electron chi connectivity index (χ2n) is 3.65. The Bertz CT molecular complexity index is 357. The molecular formula is C13H18N2O. The van der Waals surface area contributed by atoms with Crippen LogP contribution in [0.1, 0.15) is 25.3 Å². The molecule has 0 fully saturated rings. The van der Waals surface area contributed by atoms with Crippen LogP contribution < -0.4 is 10.1 Å². The molecule has 1 rings (SSSR count). The average Bonchev–Trinajstić information content (AvgIpc) is 2.34. The zero-order valence-corrected chi connectivity index (χ0v) is 9.86. The van der Waals surface area contributed by atoms with Crippen LogP contribution in [0.2, 0.25) is 0 Å². The lowest BCUT2D eigenvalue weighted by Crippen LogP contribution is -2.22. The highest BCUT2D eigenvalue weighted by Crippen LogP contribution is 2.19. The summed E-state index contributed by atoms with van der Waals surface area (Å²) < 4.78 is 5.83. The van der Waals surface area contributed by atoms with Gasteiger partial charge in [0.05, 0.1) is 11.7 Å². The van der Waals surface area contributed by atoms with Crippen LogP contribution in [0.3, 0.4) is 0 Å². The first-order chi connectivity index (χ1) is 7.81. The van der Waals surface area contributed by atoms with Gasteiger partial charge < -0.3 is 10.1 Å². The van der Waals surface area contributed by atoms with Gasteiger partial charge in [-0.3, -0.25) is 0 Å². The molecule has 0 aromatic heterocycles. The van der Waals surface area contributed by atoms with E-state index in [1.165, 1.54) is 0 Å². The van der Waals surface area contributed by atoms with Crippen molar-refractivity contribution in [3.05, 3.63) is 29.8 Å². The standard InChI is InChI=1S/C13H18N2O/c1-3-12(8-9-15-2)16-13-7-5-4-6-11(13)10-14/h4-7,12,15H,3,8-9H2,1-2H3. The summed E-state index contributed by atoms with van der Waals surface area (Å²) in [5.74, 6) is 0.688. The van der Waals surface area contributed by atoms with Crippen LogP contribution in [0, 0.1) is 11.3 Å². The zero-order valence-electron chi connectivity index (χ0n) is 9.86. The molecule has 0 spiro atoms. The van der Waals surface area contributed by atoms with E-state index < -0.39 is 0 Å². The minimum Gasteiger partial charge on any atom is -0.489 e. The maximum atomic E-state index is 8.94. The first-order valence-corrected chi connectivity index (χ1v) is 5.62. The molecule has 16 heavy (non-hydrogen) atoms. The Morgan fingerprint density at radius 1 is 1.44 bits per heavy atom. The molecule has 0 aliphatic carbocycles. The fourth-order valence-electron chi connectivity index (χ4n) is 1.49. The number of ether oxygens (including phenoxy) is 1. The van der Waals surface area contributed by atoms with E-state index in [0.717, 1.165) is 19.4 Å². The SMILES string of the molecule is CCC(CCNC)Oc1ccccc1C#N. The molecule has 1 aromatic rings. The van der Waals surface area contributed by atoms with Gasteiger partial charge in [0.15, 0.2) is 0 Å². The molecule has 0 bridgehead atoms. The van der Waals surface area contributed by atoms with Crippen molar-refractivity contribution in [2.24, 2.45) is 0 Å². The number of para-hydroxylation sites is 1. The Labute approximate surface area is 97.0 Å². The minimum atomic E-state index is 0.168. The van der Waals surface area contributed by atoms with Crippen LogP contribution >= 0.6 is 0 Å². The number of nitriles is 1. The number of hydrogen-bond donors (Lipinski definition) is 1. The van der Waals surface area contributed by atoms with Gasteiger partial charge >= 0.3 is 0 Å². The van der Waals surface area contributed by atoms with Gasteiger partial charge in [0.25, 0.3) is 0 Å². The van der Waals surface area contributed by atoms with Crippen LogP contribution in [0.4, 0.5) is 0 Å². The third kappa shape index (κ3) is 3.56. The van der Waals surface area contributed by atoms with Crippen molar-refractivity contribution < 1.29 is 4.74 Å². The molecule has 0 amide bonds. The molecule has 0 radical (unpaired) electrons. The van der Waals surface area contributed by atoms with Crippen molar-refractivity contribution in [3.8, 4) is 11.8 Å². The molecular weight excluding hydrogens is 200 g/mol. The van der Waals surface area contributed by atoms with Crippen molar-refractivity contribution in [3.63, 3.8) is 0 Å². The maximum Gasteiger partial charge on any atom is 0.137 e. The fourth-order valence-corrected chi connectivity index (χ4v) is 1.49. The Hall–Kier alpha value is -1.53. The molecule has 1 atom stereocenters. The van der Waals surface area contributed by atoms with Gasteiger partial charge in [0.1, 0.15) is 11.8 Å². The van der Waals surface area contributed by atoms with Crippen LogP contribution in [-0.4, -0.2) is 19.7 Å². The second kappa shape index (κ2) is 6.86. The van der Waals surface area contributed by atoms with Crippen LogP contribution in [0.15, 0.2) is 24.3 Å². The highest BCUT2D eigenvalue weighted by molar-refractivity contribution is 5.42. The van der Waals surface area contributed by atoms with Gasteiger partial charge in [-0.1, -0.05) is 19.1 Å². The first kappa shape index (κ1) is 12.5. The van der Waals surface area contributed by atoms with E-state index in [0.29, 0.717) is 11.3 Å². The average molecular weight is 218 g/mol. The number of hydrogen-bond acceptors (Lipinski definition) is 3. The number of nitrogens with one attached hydrogen (secondary N) is 1. The topological polar surface area (TPSA) is 45.0 Å². The monoisotopic (exact) mass is 218 g/mol. The summed E-state index contributed by atoms with van der Waals surface area (Å²) in [6, 6.07) is 9.50. The highest BCUT2D eigenvalue weighted by Gasteiger charge is 2.09. The normalized spacial score (nSPS) is 11.8. The Morgan fingerprint density at radius 2 is 2.19 bits per heavy atom. The molecule has 0 saturated heterocycles. The Kier molecular flexibility index (Phi) is 5.38. The Balaban J connectivity index is 2.66. The summed E-state index contributed by atoms with van der Waals surface area (Å²) in [4.78, 5) is 0. The first-order valence-electron chi connectivity index (χ1n) is 5.62. The highest BCUT2D eigenvalue weighted by atomic mass is 16.5. The quantitative estimate of drug-likeness (QED) is 0.797. The lowest BCUT2D eigenvalue weighted by molar-refractivity contribution is 0.186. The lowest BCUT2D eigenvalue weighted by atomic mass is 10.2. The van der Waals surface area contributed by atoms with Gasteiger partial charge in [0.2, 0.25) is 0 Å². The van der Waals surface area contributed by atoms with E-state index in [1.54, 1.807) is 6.07 Å². The van der Waals surface area contributed by atoms with Crippen molar-refractivity contribution in [1.29, 1.82) is 5.26 Å². The van der Waals surface area contributed by atoms with Gasteiger partial charge in [0, 0.05) is 0 Å². The Morgan fingerprint density at radius 3 is 2.81 bits per heavy atom. The lowest BCUT2D eigenvalue weighted by Gasteiger charge is -2.18. The van der Waals surface area contributed by atoms with Crippen molar-refractivity contribution in [2.75, 3.05) is 13.6 Å². The van der Waals surface area contributed by atoms with E-state index in [9.17, 15) is 0 Å². The molecule has 0 saturated carbocycles. The van der Waals surface area contributed by atoms with Crippen LogP contribution in [0.25, 0.3) is 0 Å². The number of rotatable bonds is 6. The summed E-state index contributed by atoms with van der Waals surface area (Å²) in [6.07, 6.45) is 2.07. The number of nitrogens with zero attached hydrogens (tertiary/aromatic N) is 1. The van der Waals surface area contributed by atoms with Crippen LogP contribution in [0.5, 0.6) is 5.75 Å². The van der Waals surface area contributed by atoms with Crippen molar-refractivity contribution in [1.82, 2.24) is 5.32 Å². The molecule has 1 aromatic carbocycles. The smallest absolute Gasteiger partial charge is 0.137 e. The molecule has 3 heteroatoms. The van der Waals surface area contributed by atoms with E-state index in [-0.39, 0.29) is 6.10 Å². The van der Waals surface area contributed by atoms with Gasteiger partial charge in [-0.15, -0.1) is 0 Å². The molecule has 1 N–H and O–H groups in total. The number of benzene rings is 1. The molecule has 0 aliphatic rings. The summed E-state index contributed by atoms with van der Waals surface area (Å²) in [5, 5.41) is 12.0. The maximum absolute atomic E-state index is 8.94. The summed E-state index contributed by atoms with van der Waals surface area (Å²) in [6.45, 7) is 3.02. The molecule has 1 unspecified atom stereocenters. The summed E-state index contributed by atoms with van der Waals surface area (Å²) in [7, 11) is 1.93. The third-order valence-electron chi connectivity index (χ3n) is 2.47. The second-order valence-corrected chi connectivity index (χ2v) is 3.65. The fraction of sp³-hybridized carbons (Fsp3) is 0.462. The summed E-state index contributed by atoms with van der Waals surface area (Å²) >= 11 is 0. The predicted octanol–water partition coefficient (Wildman–Crippen LogP) is 2.33. The molecule has 0 aliphatic heterocycles. The largest absolute Gasteiger partial charge is 0.489 e. The molecule has 3 nitrogen and oxygen atoms in total. The van der Waals surface area contributed by atoms with Crippen molar-refractivity contribution >= 4 is 0 Å². The van der Waals surface area contributed by atoms with E-state index in [2.05, 4.69) is 18.3 Å². The van der Waals surface area contributed by atoms with E-state index in [4.69, 9.17) is 10.00 Å². The van der Waals surface area contributed by atoms with Crippen LogP contribution in [-0.2, 0) is 0 Å². The molecule has 86 valence electrons. The van der Waals surface area contributed by atoms with Gasteiger partial charge in [-0.05, 0) is 38.6 Å². The third-order valence-corrected chi connectivity index (χ3v) is 2.47. The van der Waals surface area contributed by atoms with Gasteiger partial charge in [-0.25, -0.2) is 0 Å². The van der Waals surface area contributed by atoms with Gasteiger partial charge in [-0.2, -0.15) is 5.26 Å². The molecule has 0 heterocycles. The minimum absolute atomic E-state index is 0.168. The van der Waals surface area contributed by atoms with Crippen molar-refractivity contribution in [2.45, 2.75) is 25.9 Å².